The molecular weight excluding hydrogens is 168 g/mol. The molecule has 2 heterocycles. The van der Waals surface area contributed by atoms with Gasteiger partial charge in [0, 0.05) is 13.2 Å². The van der Waals surface area contributed by atoms with Crippen molar-refractivity contribution < 1.29 is 0 Å². The van der Waals surface area contributed by atoms with Crippen molar-refractivity contribution >= 4 is 17.0 Å². The van der Waals surface area contributed by atoms with Gasteiger partial charge in [0.25, 0.3) is 5.56 Å². The molecule has 2 aromatic heterocycles. The van der Waals surface area contributed by atoms with E-state index in [0.29, 0.717) is 17.0 Å². The van der Waals surface area contributed by atoms with Gasteiger partial charge in [-0.15, -0.1) is 0 Å². The minimum absolute atomic E-state index is 0.256. The summed E-state index contributed by atoms with van der Waals surface area (Å²) in [5.41, 5.74) is 0.923. The highest BCUT2D eigenvalue weighted by atomic mass is 16.1. The Bertz CT molecular complexity index is 491. The number of H-pyrrole nitrogens is 1. The summed E-state index contributed by atoms with van der Waals surface area (Å²) in [6, 6.07) is 3.56. The number of hydrogen-bond donors (Lipinski definition) is 2. The standard InChI is InChI=1S/C8H8N4O/c1-9-7-8(13)12-6-5(11-7)3-2-4-10-6/h2-4H,1H3,(H,9,11)(H,10,12,13). The number of nitrogens with zero attached hydrogens (tertiary/aromatic N) is 2. The van der Waals surface area contributed by atoms with Gasteiger partial charge in [0.2, 0.25) is 0 Å². The second-order valence-electron chi connectivity index (χ2n) is 2.54. The molecule has 0 aliphatic heterocycles. The van der Waals surface area contributed by atoms with Crippen LogP contribution in [0.25, 0.3) is 11.2 Å². The van der Waals surface area contributed by atoms with E-state index in [9.17, 15) is 4.79 Å². The predicted molar refractivity (Wildman–Crippen MR) is 49.7 cm³/mol. The maximum atomic E-state index is 11.2. The smallest absolute Gasteiger partial charge is 0.292 e. The highest BCUT2D eigenvalue weighted by molar-refractivity contribution is 5.70. The van der Waals surface area contributed by atoms with Crippen LogP contribution < -0.4 is 10.9 Å². The monoisotopic (exact) mass is 176 g/mol. The number of aromatic nitrogens is 3. The SMILES string of the molecule is CNc1nc2cccnc2[nH]c1=O. The molecule has 0 aliphatic rings. The number of rotatable bonds is 1. The zero-order chi connectivity index (χ0) is 9.26. The third kappa shape index (κ3) is 1.24. The summed E-state index contributed by atoms with van der Waals surface area (Å²) in [5, 5.41) is 2.70. The van der Waals surface area contributed by atoms with Gasteiger partial charge in [-0.3, -0.25) is 4.79 Å². The first-order valence-electron chi connectivity index (χ1n) is 3.84. The number of hydrogen-bond acceptors (Lipinski definition) is 4. The number of aromatic amines is 1. The maximum absolute atomic E-state index is 11.2. The van der Waals surface area contributed by atoms with Crippen LogP contribution >= 0.6 is 0 Å². The highest BCUT2D eigenvalue weighted by Crippen LogP contribution is 2.03. The summed E-state index contributed by atoms with van der Waals surface area (Å²) in [6.45, 7) is 0. The van der Waals surface area contributed by atoms with Crippen LogP contribution in [0.2, 0.25) is 0 Å². The maximum Gasteiger partial charge on any atom is 0.292 e. The first kappa shape index (κ1) is 7.72. The van der Waals surface area contributed by atoms with E-state index in [2.05, 4.69) is 20.3 Å². The molecule has 2 N–H and O–H groups in total. The fourth-order valence-corrected chi connectivity index (χ4v) is 1.09. The third-order valence-electron chi connectivity index (χ3n) is 1.70. The van der Waals surface area contributed by atoms with E-state index < -0.39 is 0 Å². The predicted octanol–water partition coefficient (Wildman–Crippen LogP) is 0.360. The molecule has 0 radical (unpaired) electrons. The van der Waals surface area contributed by atoms with Crippen LogP contribution in [0, 0.1) is 0 Å². The zero-order valence-corrected chi connectivity index (χ0v) is 7.03. The molecule has 66 valence electrons. The lowest BCUT2D eigenvalue weighted by molar-refractivity contribution is 1.16. The van der Waals surface area contributed by atoms with Crippen molar-refractivity contribution in [1.82, 2.24) is 15.0 Å². The fraction of sp³-hybridized carbons (Fsp3) is 0.125. The van der Waals surface area contributed by atoms with E-state index in [-0.39, 0.29) is 5.56 Å². The number of pyridine rings is 1. The average molecular weight is 176 g/mol. The van der Waals surface area contributed by atoms with Gasteiger partial charge in [-0.05, 0) is 12.1 Å². The average Bonchev–Trinajstić information content (AvgIpc) is 2.17. The summed E-state index contributed by atoms with van der Waals surface area (Å²) in [6.07, 6.45) is 1.61. The Morgan fingerprint density at radius 3 is 3.15 bits per heavy atom. The first-order valence-corrected chi connectivity index (χ1v) is 3.84. The van der Waals surface area contributed by atoms with E-state index in [1.807, 2.05) is 0 Å². The van der Waals surface area contributed by atoms with Crippen molar-refractivity contribution in [2.24, 2.45) is 0 Å². The van der Waals surface area contributed by atoms with Gasteiger partial charge < -0.3 is 10.3 Å². The Morgan fingerprint density at radius 2 is 2.38 bits per heavy atom. The normalized spacial score (nSPS) is 10.2. The Balaban J connectivity index is 2.81. The molecule has 13 heavy (non-hydrogen) atoms. The number of nitrogens with one attached hydrogen (secondary N) is 2. The molecule has 0 spiro atoms. The van der Waals surface area contributed by atoms with E-state index in [0.717, 1.165) is 0 Å². The Labute approximate surface area is 73.8 Å². The van der Waals surface area contributed by atoms with Crippen LogP contribution in [0.15, 0.2) is 23.1 Å². The molecule has 0 bridgehead atoms. The Hall–Kier alpha value is -1.91. The van der Waals surface area contributed by atoms with Gasteiger partial charge >= 0.3 is 0 Å². The first-order chi connectivity index (χ1) is 6.31. The lowest BCUT2D eigenvalue weighted by atomic mass is 10.4. The van der Waals surface area contributed by atoms with Crippen molar-refractivity contribution in [3.05, 3.63) is 28.7 Å². The zero-order valence-electron chi connectivity index (χ0n) is 7.03. The number of fused-ring (bicyclic) bond motifs is 1. The van der Waals surface area contributed by atoms with Crippen LogP contribution in [-0.2, 0) is 0 Å². The van der Waals surface area contributed by atoms with Crippen LogP contribution in [-0.4, -0.2) is 22.0 Å². The van der Waals surface area contributed by atoms with E-state index in [4.69, 9.17) is 0 Å². The van der Waals surface area contributed by atoms with Crippen molar-refractivity contribution in [3.8, 4) is 0 Å². The summed E-state index contributed by atoms with van der Waals surface area (Å²) >= 11 is 0. The molecule has 0 unspecified atom stereocenters. The summed E-state index contributed by atoms with van der Waals surface area (Å²) in [7, 11) is 1.65. The quantitative estimate of drug-likeness (QED) is 0.658. The van der Waals surface area contributed by atoms with Crippen molar-refractivity contribution in [1.29, 1.82) is 0 Å². The lowest BCUT2D eigenvalue weighted by Gasteiger charge is -1.99. The molecule has 2 rings (SSSR count). The Morgan fingerprint density at radius 1 is 1.54 bits per heavy atom. The summed E-state index contributed by atoms with van der Waals surface area (Å²) in [4.78, 5) is 21.9. The van der Waals surface area contributed by atoms with E-state index in [1.165, 1.54) is 0 Å². The second-order valence-corrected chi connectivity index (χ2v) is 2.54. The van der Waals surface area contributed by atoms with Gasteiger partial charge in [0.1, 0.15) is 5.52 Å². The molecule has 0 saturated heterocycles. The molecule has 0 aromatic carbocycles. The van der Waals surface area contributed by atoms with Crippen LogP contribution in [0.4, 0.5) is 5.82 Å². The van der Waals surface area contributed by atoms with Gasteiger partial charge in [0.05, 0.1) is 0 Å². The second kappa shape index (κ2) is 2.85. The van der Waals surface area contributed by atoms with Gasteiger partial charge in [0.15, 0.2) is 11.5 Å². The molecule has 0 saturated carbocycles. The Kier molecular flexibility index (Phi) is 1.70. The topological polar surface area (TPSA) is 70.7 Å². The molecule has 0 atom stereocenters. The largest absolute Gasteiger partial charge is 0.369 e. The number of anilines is 1. The molecule has 5 nitrogen and oxygen atoms in total. The van der Waals surface area contributed by atoms with Gasteiger partial charge in [-0.1, -0.05) is 0 Å². The van der Waals surface area contributed by atoms with Crippen molar-refractivity contribution in [3.63, 3.8) is 0 Å². The molecular formula is C8H8N4O. The minimum atomic E-state index is -0.256. The van der Waals surface area contributed by atoms with Crippen molar-refractivity contribution in [2.75, 3.05) is 12.4 Å². The lowest BCUT2D eigenvalue weighted by Crippen LogP contribution is -2.14. The molecule has 0 aliphatic carbocycles. The van der Waals surface area contributed by atoms with Crippen LogP contribution in [0.1, 0.15) is 0 Å². The molecule has 2 aromatic rings. The molecule has 0 fully saturated rings. The van der Waals surface area contributed by atoms with Crippen LogP contribution in [0.5, 0.6) is 0 Å². The molecule has 5 heteroatoms. The summed E-state index contributed by atoms with van der Waals surface area (Å²) < 4.78 is 0. The van der Waals surface area contributed by atoms with Gasteiger partial charge in [-0.2, -0.15) is 0 Å². The fourth-order valence-electron chi connectivity index (χ4n) is 1.09. The van der Waals surface area contributed by atoms with Gasteiger partial charge in [-0.25, -0.2) is 9.97 Å². The minimum Gasteiger partial charge on any atom is -0.369 e. The summed E-state index contributed by atoms with van der Waals surface area (Å²) in [5.74, 6) is 0.306. The highest BCUT2D eigenvalue weighted by Gasteiger charge is 2.01. The third-order valence-corrected chi connectivity index (χ3v) is 1.70. The van der Waals surface area contributed by atoms with Crippen LogP contribution in [0.3, 0.4) is 0 Å². The molecule has 0 amide bonds. The van der Waals surface area contributed by atoms with E-state index >= 15 is 0 Å². The van der Waals surface area contributed by atoms with E-state index in [1.54, 1.807) is 25.4 Å². The van der Waals surface area contributed by atoms with Crippen molar-refractivity contribution in [2.45, 2.75) is 0 Å².